The van der Waals surface area contributed by atoms with E-state index >= 15 is 0 Å². The van der Waals surface area contributed by atoms with Crippen LogP contribution in [0.5, 0.6) is 0 Å². The Hall–Kier alpha value is -1.63. The smallest absolute Gasteiger partial charge is 0.232 e. The van der Waals surface area contributed by atoms with E-state index in [0.29, 0.717) is 17.9 Å². The van der Waals surface area contributed by atoms with Crippen molar-refractivity contribution in [2.24, 2.45) is 0 Å². The molecule has 1 unspecified atom stereocenters. The quantitative estimate of drug-likeness (QED) is 0.824. The normalized spacial score (nSPS) is 19.2. The molecular formula is C12H23N7. The summed E-state index contributed by atoms with van der Waals surface area (Å²) in [6.45, 7) is 1.98. The third-order valence-corrected chi connectivity index (χ3v) is 3.24. The van der Waals surface area contributed by atoms with Gasteiger partial charge in [-0.05, 0) is 26.9 Å². The van der Waals surface area contributed by atoms with Crippen molar-refractivity contribution in [1.29, 1.82) is 0 Å². The Balaban J connectivity index is 2.25. The second kappa shape index (κ2) is 5.56. The van der Waals surface area contributed by atoms with Crippen molar-refractivity contribution >= 4 is 17.8 Å². The lowest BCUT2D eigenvalue weighted by Crippen LogP contribution is -2.38. The van der Waals surface area contributed by atoms with Gasteiger partial charge in [-0.1, -0.05) is 0 Å². The molecule has 1 fully saturated rings. The van der Waals surface area contributed by atoms with Gasteiger partial charge in [-0.25, -0.2) is 0 Å². The van der Waals surface area contributed by atoms with E-state index in [4.69, 9.17) is 5.73 Å². The number of nitrogen functional groups attached to an aromatic ring is 1. The van der Waals surface area contributed by atoms with Crippen molar-refractivity contribution in [2.45, 2.75) is 18.9 Å². The van der Waals surface area contributed by atoms with E-state index < -0.39 is 0 Å². The molecule has 0 spiro atoms. The fraction of sp³-hybridized carbons (Fsp3) is 0.750. The first kappa shape index (κ1) is 13.8. The van der Waals surface area contributed by atoms with E-state index in [1.807, 2.05) is 19.0 Å². The summed E-state index contributed by atoms with van der Waals surface area (Å²) in [4.78, 5) is 19.2. The summed E-state index contributed by atoms with van der Waals surface area (Å²) in [5.74, 6) is 1.59. The fourth-order valence-electron chi connectivity index (χ4n) is 2.41. The minimum absolute atomic E-state index is 0.282. The van der Waals surface area contributed by atoms with E-state index in [1.165, 1.54) is 12.8 Å². The summed E-state index contributed by atoms with van der Waals surface area (Å²) >= 11 is 0. The molecule has 1 atom stereocenters. The molecule has 19 heavy (non-hydrogen) atoms. The molecule has 0 amide bonds. The van der Waals surface area contributed by atoms with Gasteiger partial charge in [0, 0.05) is 33.2 Å². The largest absolute Gasteiger partial charge is 0.368 e. The van der Waals surface area contributed by atoms with E-state index in [1.54, 1.807) is 0 Å². The van der Waals surface area contributed by atoms with Crippen molar-refractivity contribution in [3.8, 4) is 0 Å². The number of nitrogens with zero attached hydrogens (tertiary/aromatic N) is 6. The number of hydrogen-bond donors (Lipinski definition) is 1. The highest BCUT2D eigenvalue weighted by Gasteiger charge is 2.27. The summed E-state index contributed by atoms with van der Waals surface area (Å²) in [6, 6.07) is 0.451. The van der Waals surface area contributed by atoms with E-state index in [2.05, 4.69) is 38.8 Å². The minimum atomic E-state index is 0.282. The highest BCUT2D eigenvalue weighted by molar-refractivity contribution is 5.44. The van der Waals surface area contributed by atoms with Gasteiger partial charge in [-0.15, -0.1) is 0 Å². The standard InChI is InChI=1S/C12H23N7/c1-17(2)8-9-6-5-7-19(9)12-15-10(13)14-11(16-12)18(3)4/h9H,5-8H2,1-4H3,(H2,13,14,15,16). The fourth-order valence-corrected chi connectivity index (χ4v) is 2.41. The van der Waals surface area contributed by atoms with E-state index in [0.717, 1.165) is 13.1 Å². The van der Waals surface area contributed by atoms with Crippen LogP contribution >= 0.6 is 0 Å². The Labute approximate surface area is 114 Å². The van der Waals surface area contributed by atoms with Crippen molar-refractivity contribution in [1.82, 2.24) is 19.9 Å². The molecule has 1 aliphatic rings. The molecule has 0 bridgehead atoms. The molecule has 7 heteroatoms. The minimum Gasteiger partial charge on any atom is -0.368 e. The SMILES string of the molecule is CN(C)CC1CCCN1c1nc(N)nc(N(C)C)n1. The molecule has 2 N–H and O–H groups in total. The molecule has 1 saturated heterocycles. The molecule has 0 radical (unpaired) electrons. The molecule has 106 valence electrons. The third-order valence-electron chi connectivity index (χ3n) is 3.24. The van der Waals surface area contributed by atoms with Crippen molar-refractivity contribution in [3.05, 3.63) is 0 Å². The van der Waals surface area contributed by atoms with Crippen molar-refractivity contribution < 1.29 is 0 Å². The topological polar surface area (TPSA) is 74.4 Å². The Morgan fingerprint density at radius 2 is 1.95 bits per heavy atom. The lowest BCUT2D eigenvalue weighted by molar-refractivity contribution is 0.371. The Morgan fingerprint density at radius 1 is 1.21 bits per heavy atom. The predicted molar refractivity (Wildman–Crippen MR) is 77.5 cm³/mol. The number of likely N-dealkylation sites (N-methyl/N-ethyl adjacent to an activating group) is 1. The van der Waals surface area contributed by atoms with E-state index in [9.17, 15) is 0 Å². The monoisotopic (exact) mass is 265 g/mol. The van der Waals surface area contributed by atoms with Crippen LogP contribution in [0.1, 0.15) is 12.8 Å². The first-order chi connectivity index (χ1) is 8.97. The van der Waals surface area contributed by atoms with Gasteiger partial charge in [0.2, 0.25) is 17.8 Å². The highest BCUT2D eigenvalue weighted by atomic mass is 15.4. The Bertz CT molecular complexity index is 432. The zero-order valence-electron chi connectivity index (χ0n) is 12.2. The van der Waals surface area contributed by atoms with Gasteiger partial charge in [0.25, 0.3) is 0 Å². The molecule has 1 aromatic heterocycles. The second-order valence-corrected chi connectivity index (χ2v) is 5.44. The van der Waals surface area contributed by atoms with Crippen LogP contribution in [0.2, 0.25) is 0 Å². The van der Waals surface area contributed by atoms with Gasteiger partial charge in [0.15, 0.2) is 0 Å². The maximum atomic E-state index is 5.79. The molecule has 0 saturated carbocycles. The van der Waals surface area contributed by atoms with Crippen molar-refractivity contribution in [2.75, 3.05) is 56.8 Å². The number of nitrogens with two attached hydrogens (primary N) is 1. The molecule has 1 aromatic rings. The highest BCUT2D eigenvalue weighted by Crippen LogP contribution is 2.24. The van der Waals surface area contributed by atoms with Crippen LogP contribution in [-0.4, -0.2) is 67.2 Å². The lowest BCUT2D eigenvalue weighted by atomic mass is 10.2. The van der Waals surface area contributed by atoms with Gasteiger partial charge in [-0.3, -0.25) is 0 Å². The van der Waals surface area contributed by atoms with Gasteiger partial charge in [-0.2, -0.15) is 15.0 Å². The maximum absolute atomic E-state index is 5.79. The summed E-state index contributed by atoms with van der Waals surface area (Å²) in [5, 5.41) is 0. The molecule has 1 aliphatic heterocycles. The molecule has 0 aliphatic carbocycles. The molecular weight excluding hydrogens is 242 g/mol. The van der Waals surface area contributed by atoms with Gasteiger partial charge < -0.3 is 20.4 Å². The predicted octanol–water partition coefficient (Wildman–Crippen LogP) is 0.0502. The van der Waals surface area contributed by atoms with Gasteiger partial charge in [0.05, 0.1) is 0 Å². The summed E-state index contributed by atoms with van der Waals surface area (Å²) in [5.41, 5.74) is 5.79. The van der Waals surface area contributed by atoms with Crippen LogP contribution in [0.4, 0.5) is 17.8 Å². The average Bonchev–Trinajstić information content (AvgIpc) is 2.75. The number of aromatic nitrogens is 3. The Kier molecular flexibility index (Phi) is 4.04. The van der Waals surface area contributed by atoms with Crippen LogP contribution in [0, 0.1) is 0 Å². The summed E-state index contributed by atoms with van der Waals surface area (Å²) < 4.78 is 0. The van der Waals surface area contributed by atoms with Crippen molar-refractivity contribution in [3.63, 3.8) is 0 Å². The zero-order valence-corrected chi connectivity index (χ0v) is 12.2. The number of rotatable bonds is 4. The molecule has 7 nitrogen and oxygen atoms in total. The molecule has 2 heterocycles. The summed E-state index contributed by atoms with van der Waals surface area (Å²) in [6.07, 6.45) is 2.34. The zero-order chi connectivity index (χ0) is 14.0. The lowest BCUT2D eigenvalue weighted by Gasteiger charge is -2.27. The maximum Gasteiger partial charge on any atom is 0.232 e. The van der Waals surface area contributed by atoms with Crippen LogP contribution in [0.25, 0.3) is 0 Å². The first-order valence-corrected chi connectivity index (χ1v) is 6.57. The van der Waals surface area contributed by atoms with Crippen LogP contribution in [-0.2, 0) is 0 Å². The molecule has 0 aromatic carbocycles. The number of anilines is 3. The average molecular weight is 265 g/mol. The van der Waals surface area contributed by atoms with Crippen LogP contribution in [0.15, 0.2) is 0 Å². The van der Waals surface area contributed by atoms with Gasteiger partial charge >= 0.3 is 0 Å². The van der Waals surface area contributed by atoms with Crippen LogP contribution < -0.4 is 15.5 Å². The number of hydrogen-bond acceptors (Lipinski definition) is 7. The van der Waals surface area contributed by atoms with Crippen LogP contribution in [0.3, 0.4) is 0 Å². The first-order valence-electron chi connectivity index (χ1n) is 6.57. The van der Waals surface area contributed by atoms with Gasteiger partial charge in [0.1, 0.15) is 0 Å². The third kappa shape index (κ3) is 3.23. The summed E-state index contributed by atoms with van der Waals surface area (Å²) in [7, 11) is 7.98. The Morgan fingerprint density at radius 3 is 2.58 bits per heavy atom. The second-order valence-electron chi connectivity index (χ2n) is 5.44. The molecule has 2 rings (SSSR count). The van der Waals surface area contributed by atoms with E-state index in [-0.39, 0.29) is 5.95 Å².